The van der Waals surface area contributed by atoms with E-state index in [0.717, 1.165) is 31.9 Å². The zero-order valence-electron chi connectivity index (χ0n) is 10.2. The molecule has 1 amide bonds. The summed E-state index contributed by atoms with van der Waals surface area (Å²) >= 11 is 0. The fourth-order valence-electron chi connectivity index (χ4n) is 2.20. The molecule has 1 aliphatic rings. The third-order valence-corrected chi connectivity index (χ3v) is 3.20. The minimum Gasteiger partial charge on any atom is -0.364 e. The highest BCUT2D eigenvalue weighted by molar-refractivity contribution is 5.76. The lowest BCUT2D eigenvalue weighted by Gasteiger charge is -2.26. The van der Waals surface area contributed by atoms with E-state index < -0.39 is 0 Å². The van der Waals surface area contributed by atoms with Crippen molar-refractivity contribution in [1.82, 2.24) is 15.2 Å². The van der Waals surface area contributed by atoms with Crippen molar-refractivity contribution in [1.29, 1.82) is 0 Å². The molecule has 2 rings (SSSR count). The van der Waals surface area contributed by atoms with Crippen molar-refractivity contribution < 1.29 is 4.79 Å². The number of aromatic amines is 1. The van der Waals surface area contributed by atoms with Crippen LogP contribution in [-0.4, -0.2) is 35.4 Å². The summed E-state index contributed by atoms with van der Waals surface area (Å²) in [5.74, 6) is 0.295. The van der Waals surface area contributed by atoms with E-state index in [9.17, 15) is 4.79 Å². The molecular weight excluding hydrogens is 214 g/mol. The average molecular weight is 235 g/mol. The summed E-state index contributed by atoms with van der Waals surface area (Å²) in [7, 11) is 0. The van der Waals surface area contributed by atoms with E-state index in [4.69, 9.17) is 0 Å². The molecule has 1 saturated heterocycles. The van der Waals surface area contributed by atoms with E-state index >= 15 is 0 Å². The standard InChI is InChI=1S/C13H21N3O/c17-13(16-9-2-1-3-10-16)6-8-14-11-12-5-4-7-15-12/h4-5,7,14-15H,1-3,6,8-11H2. The van der Waals surface area contributed by atoms with Gasteiger partial charge in [-0.25, -0.2) is 0 Å². The lowest BCUT2D eigenvalue weighted by atomic mass is 10.1. The van der Waals surface area contributed by atoms with Crippen LogP contribution in [0, 0.1) is 0 Å². The molecule has 1 fully saturated rings. The molecule has 94 valence electrons. The predicted octanol–water partition coefficient (Wildman–Crippen LogP) is 1.51. The molecule has 0 spiro atoms. The maximum atomic E-state index is 11.8. The van der Waals surface area contributed by atoms with E-state index in [1.807, 2.05) is 23.2 Å². The van der Waals surface area contributed by atoms with Gasteiger partial charge in [-0.2, -0.15) is 0 Å². The fraction of sp³-hybridized carbons (Fsp3) is 0.615. The Balaban J connectivity index is 1.59. The van der Waals surface area contributed by atoms with Crippen molar-refractivity contribution in [3.8, 4) is 0 Å². The first-order chi connectivity index (χ1) is 8.36. The van der Waals surface area contributed by atoms with E-state index in [1.54, 1.807) is 0 Å². The number of aromatic nitrogens is 1. The highest BCUT2D eigenvalue weighted by Crippen LogP contribution is 2.09. The van der Waals surface area contributed by atoms with Crippen LogP contribution in [0.1, 0.15) is 31.4 Å². The fourth-order valence-corrected chi connectivity index (χ4v) is 2.20. The summed E-state index contributed by atoms with van der Waals surface area (Å²) in [5.41, 5.74) is 1.16. The van der Waals surface area contributed by atoms with Crippen LogP contribution in [-0.2, 0) is 11.3 Å². The van der Waals surface area contributed by atoms with Crippen molar-refractivity contribution in [3.63, 3.8) is 0 Å². The van der Waals surface area contributed by atoms with Crippen LogP contribution in [0.3, 0.4) is 0 Å². The molecule has 0 aliphatic carbocycles. The lowest BCUT2D eigenvalue weighted by molar-refractivity contribution is -0.131. The number of nitrogens with one attached hydrogen (secondary N) is 2. The zero-order chi connectivity index (χ0) is 11.9. The monoisotopic (exact) mass is 235 g/mol. The van der Waals surface area contributed by atoms with Gasteiger partial charge in [-0.05, 0) is 31.4 Å². The summed E-state index contributed by atoms with van der Waals surface area (Å²) in [6.45, 7) is 3.47. The molecule has 0 saturated carbocycles. The molecule has 0 unspecified atom stereocenters. The number of carbonyl (C=O) groups excluding carboxylic acids is 1. The molecule has 2 heterocycles. The van der Waals surface area contributed by atoms with E-state index in [2.05, 4.69) is 10.3 Å². The molecule has 2 N–H and O–H groups in total. The first-order valence-corrected chi connectivity index (χ1v) is 6.47. The second-order valence-corrected chi connectivity index (χ2v) is 4.56. The van der Waals surface area contributed by atoms with E-state index in [0.29, 0.717) is 12.3 Å². The Labute approximate surface area is 102 Å². The Hall–Kier alpha value is -1.29. The van der Waals surface area contributed by atoms with Gasteiger partial charge in [-0.1, -0.05) is 0 Å². The van der Waals surface area contributed by atoms with Gasteiger partial charge in [-0.3, -0.25) is 4.79 Å². The van der Waals surface area contributed by atoms with Crippen molar-refractivity contribution in [2.24, 2.45) is 0 Å². The Morgan fingerprint density at radius 2 is 2.18 bits per heavy atom. The number of H-pyrrole nitrogens is 1. The van der Waals surface area contributed by atoms with E-state index in [1.165, 1.54) is 19.3 Å². The maximum Gasteiger partial charge on any atom is 0.223 e. The van der Waals surface area contributed by atoms with Crippen LogP contribution in [0.25, 0.3) is 0 Å². The Bertz CT molecular complexity index is 328. The number of hydrogen-bond acceptors (Lipinski definition) is 2. The number of piperidine rings is 1. The van der Waals surface area contributed by atoms with Crippen LogP contribution >= 0.6 is 0 Å². The van der Waals surface area contributed by atoms with Gasteiger partial charge in [0.25, 0.3) is 0 Å². The summed E-state index contributed by atoms with van der Waals surface area (Å²) in [5, 5.41) is 3.28. The predicted molar refractivity (Wildman–Crippen MR) is 67.5 cm³/mol. The summed E-state index contributed by atoms with van der Waals surface area (Å²) in [6.07, 6.45) is 6.13. The van der Waals surface area contributed by atoms with Crippen molar-refractivity contribution >= 4 is 5.91 Å². The molecule has 4 heteroatoms. The van der Waals surface area contributed by atoms with Gasteiger partial charge in [0.15, 0.2) is 0 Å². The van der Waals surface area contributed by atoms with Gasteiger partial charge in [0.1, 0.15) is 0 Å². The first-order valence-electron chi connectivity index (χ1n) is 6.47. The summed E-state index contributed by atoms with van der Waals surface area (Å²) in [6, 6.07) is 4.02. The van der Waals surface area contributed by atoms with Gasteiger partial charge in [0, 0.05) is 44.5 Å². The Morgan fingerprint density at radius 1 is 1.35 bits per heavy atom. The molecule has 17 heavy (non-hydrogen) atoms. The number of amides is 1. The van der Waals surface area contributed by atoms with Gasteiger partial charge < -0.3 is 15.2 Å². The minimum absolute atomic E-state index is 0.295. The SMILES string of the molecule is O=C(CCNCc1ccc[nH]1)N1CCCCC1. The number of carbonyl (C=O) groups is 1. The van der Waals surface area contributed by atoms with Crippen molar-refractivity contribution in [2.45, 2.75) is 32.2 Å². The molecule has 0 aromatic carbocycles. The number of likely N-dealkylation sites (tertiary alicyclic amines) is 1. The smallest absolute Gasteiger partial charge is 0.223 e. The van der Waals surface area contributed by atoms with Crippen LogP contribution in [0.2, 0.25) is 0 Å². The minimum atomic E-state index is 0.295. The number of hydrogen-bond donors (Lipinski definition) is 2. The highest BCUT2D eigenvalue weighted by atomic mass is 16.2. The molecule has 0 radical (unpaired) electrons. The van der Waals surface area contributed by atoms with Crippen LogP contribution in [0.15, 0.2) is 18.3 Å². The average Bonchev–Trinajstić information content (AvgIpc) is 2.88. The zero-order valence-corrected chi connectivity index (χ0v) is 10.2. The molecular formula is C13H21N3O. The third-order valence-electron chi connectivity index (χ3n) is 3.20. The first kappa shape index (κ1) is 12.2. The second kappa shape index (κ2) is 6.45. The van der Waals surface area contributed by atoms with Gasteiger partial charge in [0.2, 0.25) is 5.91 Å². The summed E-state index contributed by atoms with van der Waals surface area (Å²) < 4.78 is 0. The Morgan fingerprint density at radius 3 is 2.88 bits per heavy atom. The highest BCUT2D eigenvalue weighted by Gasteiger charge is 2.15. The topological polar surface area (TPSA) is 48.1 Å². The van der Waals surface area contributed by atoms with Crippen molar-refractivity contribution in [3.05, 3.63) is 24.0 Å². The van der Waals surface area contributed by atoms with Crippen LogP contribution in [0.5, 0.6) is 0 Å². The van der Waals surface area contributed by atoms with Crippen LogP contribution in [0.4, 0.5) is 0 Å². The van der Waals surface area contributed by atoms with Crippen molar-refractivity contribution in [2.75, 3.05) is 19.6 Å². The van der Waals surface area contributed by atoms with Gasteiger partial charge in [-0.15, -0.1) is 0 Å². The van der Waals surface area contributed by atoms with E-state index in [-0.39, 0.29) is 0 Å². The second-order valence-electron chi connectivity index (χ2n) is 4.56. The molecule has 0 atom stereocenters. The summed E-state index contributed by atoms with van der Waals surface area (Å²) in [4.78, 5) is 17.0. The lowest BCUT2D eigenvalue weighted by Crippen LogP contribution is -2.37. The Kier molecular flexibility index (Phi) is 4.62. The normalized spacial score (nSPS) is 16.1. The molecule has 1 aromatic heterocycles. The molecule has 1 aliphatic heterocycles. The third kappa shape index (κ3) is 3.89. The van der Waals surface area contributed by atoms with Gasteiger partial charge in [0.05, 0.1) is 0 Å². The molecule has 4 nitrogen and oxygen atoms in total. The van der Waals surface area contributed by atoms with Crippen LogP contribution < -0.4 is 5.32 Å². The molecule has 0 bridgehead atoms. The largest absolute Gasteiger partial charge is 0.364 e. The quantitative estimate of drug-likeness (QED) is 0.760. The van der Waals surface area contributed by atoms with Gasteiger partial charge >= 0.3 is 0 Å². The molecule has 1 aromatic rings. The number of rotatable bonds is 5. The maximum absolute atomic E-state index is 11.8. The number of nitrogens with zero attached hydrogens (tertiary/aromatic N) is 1.